The summed E-state index contributed by atoms with van der Waals surface area (Å²) in [5, 5.41) is 11.5. The number of aromatic nitrogens is 2. The Morgan fingerprint density at radius 1 is 1.00 bits per heavy atom. The lowest BCUT2D eigenvalue weighted by molar-refractivity contribution is -0.387. The molecule has 4 aromatic rings. The third kappa shape index (κ3) is 7.26. The Morgan fingerprint density at radius 2 is 1.63 bits per heavy atom. The largest absolute Gasteiger partial charge is 0.416 e. The van der Waals surface area contributed by atoms with Crippen molar-refractivity contribution in [3.8, 4) is 0 Å². The number of rotatable bonds is 11. The molecule has 0 spiro atoms. The van der Waals surface area contributed by atoms with E-state index in [1.54, 1.807) is 19.1 Å². The number of aryl methyl sites for hydroxylation is 1. The average molecular weight is 655 g/mol. The molecule has 0 amide bonds. The molecule has 16 heteroatoms. The van der Waals surface area contributed by atoms with E-state index in [1.807, 2.05) is 0 Å². The molecule has 43 heavy (non-hydrogen) atoms. The molecule has 0 radical (unpaired) electrons. The quantitative estimate of drug-likeness (QED) is 0.117. The number of para-hydroxylation sites is 1. The highest BCUT2D eigenvalue weighted by molar-refractivity contribution is 7.99. The van der Waals surface area contributed by atoms with Crippen molar-refractivity contribution in [3.63, 3.8) is 0 Å². The molecule has 0 aliphatic heterocycles. The lowest BCUT2D eigenvalue weighted by atomic mass is 10.1. The number of hydrogen-bond acceptors (Lipinski definition) is 8. The summed E-state index contributed by atoms with van der Waals surface area (Å²) in [7, 11) is -7.20. The van der Waals surface area contributed by atoms with Crippen molar-refractivity contribution in [2.75, 3.05) is 19.3 Å². The third-order valence-electron chi connectivity index (χ3n) is 6.46. The van der Waals surface area contributed by atoms with Crippen LogP contribution < -0.4 is 0 Å². The molecule has 1 unspecified atom stereocenters. The monoisotopic (exact) mass is 654 g/mol. The first-order valence-electron chi connectivity index (χ1n) is 12.5. The molecule has 228 valence electrons. The number of likely N-dealkylation sites (N-methyl/N-ethyl adjacent to an activating group) is 1. The van der Waals surface area contributed by atoms with Gasteiger partial charge < -0.3 is 0 Å². The minimum Gasteiger partial charge on any atom is -0.258 e. The van der Waals surface area contributed by atoms with Gasteiger partial charge in [0.25, 0.3) is 15.7 Å². The summed E-state index contributed by atoms with van der Waals surface area (Å²) >= 11 is 1.12. The van der Waals surface area contributed by atoms with Gasteiger partial charge in [-0.1, -0.05) is 29.8 Å². The highest BCUT2D eigenvalue weighted by Crippen LogP contribution is 2.33. The van der Waals surface area contributed by atoms with Gasteiger partial charge in [0.1, 0.15) is 6.33 Å². The fraction of sp³-hybridized carbons (Fsp3) is 0.222. The van der Waals surface area contributed by atoms with Crippen LogP contribution in [0.15, 0.2) is 100 Å². The van der Waals surface area contributed by atoms with Gasteiger partial charge in [0, 0.05) is 42.4 Å². The van der Waals surface area contributed by atoms with Gasteiger partial charge in [-0.05, 0) is 49.4 Å². The van der Waals surface area contributed by atoms with Gasteiger partial charge in [0.15, 0.2) is 4.90 Å². The predicted molar refractivity (Wildman–Crippen MR) is 154 cm³/mol. The third-order valence-corrected chi connectivity index (χ3v) is 11.1. The van der Waals surface area contributed by atoms with Gasteiger partial charge in [-0.25, -0.2) is 30.1 Å². The molecule has 4 rings (SSSR count). The number of halogens is 3. The average Bonchev–Trinajstić information content (AvgIpc) is 3.46. The van der Waals surface area contributed by atoms with Crippen LogP contribution >= 0.6 is 11.8 Å². The van der Waals surface area contributed by atoms with Gasteiger partial charge in [-0.2, -0.15) is 13.2 Å². The molecule has 10 nitrogen and oxygen atoms in total. The standard InChI is InChI=1S/C27H25F3N4O6S3/c1-19-7-13-23(14-8-19)42(37,38)33-16-24(31-18-33)20(17-41-22-11-9-21(10-12-22)27(28,29)30)15-32(2)43(39,40)26-6-4-3-5-25(26)34(35)36/h3-14,16,18,20H,15,17H2,1-2H3. The van der Waals surface area contributed by atoms with Gasteiger partial charge in [-0.3, -0.25) is 10.1 Å². The fourth-order valence-corrected chi connectivity index (χ4v) is 7.58. The molecule has 3 aromatic carbocycles. The smallest absolute Gasteiger partial charge is 0.258 e. The van der Waals surface area contributed by atoms with Crippen molar-refractivity contribution in [2.45, 2.75) is 33.7 Å². The van der Waals surface area contributed by atoms with Crippen LogP contribution in [0.4, 0.5) is 18.9 Å². The first-order valence-corrected chi connectivity index (χ1v) is 16.3. The molecule has 0 saturated carbocycles. The Bertz CT molecular complexity index is 1830. The van der Waals surface area contributed by atoms with E-state index in [0.29, 0.717) is 4.90 Å². The maximum Gasteiger partial charge on any atom is 0.416 e. The predicted octanol–water partition coefficient (Wildman–Crippen LogP) is 5.55. The Morgan fingerprint density at radius 3 is 2.23 bits per heavy atom. The molecular weight excluding hydrogens is 630 g/mol. The van der Waals surface area contributed by atoms with Crippen LogP contribution in [0.3, 0.4) is 0 Å². The number of benzene rings is 3. The summed E-state index contributed by atoms with van der Waals surface area (Å²) in [6.07, 6.45) is -2.19. The number of imidazole rings is 1. The number of alkyl halides is 3. The van der Waals surface area contributed by atoms with Crippen LogP contribution in [-0.4, -0.2) is 54.4 Å². The van der Waals surface area contributed by atoms with Gasteiger partial charge in [0.2, 0.25) is 10.0 Å². The minimum absolute atomic E-state index is 0.00816. The molecule has 0 N–H and O–H groups in total. The van der Waals surface area contributed by atoms with E-state index in [9.17, 15) is 40.1 Å². The van der Waals surface area contributed by atoms with E-state index in [-0.39, 0.29) is 22.9 Å². The second kappa shape index (κ2) is 12.5. The number of thioether (sulfide) groups is 1. The van der Waals surface area contributed by atoms with E-state index < -0.39 is 53.2 Å². The van der Waals surface area contributed by atoms with Crippen molar-refractivity contribution in [1.82, 2.24) is 13.3 Å². The SMILES string of the molecule is Cc1ccc(S(=O)(=O)n2cnc(C(CSc3ccc(C(F)(F)F)cc3)CN(C)S(=O)(=O)c3ccccc3[N+](=O)[O-])c2)cc1. The first kappa shape index (κ1) is 32.2. The maximum atomic E-state index is 13.4. The van der Waals surface area contributed by atoms with E-state index in [2.05, 4.69) is 4.98 Å². The summed E-state index contributed by atoms with van der Waals surface area (Å²) in [6, 6.07) is 15.4. The first-order chi connectivity index (χ1) is 20.1. The molecule has 0 fully saturated rings. The zero-order chi connectivity index (χ0) is 31.6. The number of nitrogens with zero attached hydrogens (tertiary/aromatic N) is 4. The second-order valence-electron chi connectivity index (χ2n) is 9.49. The van der Waals surface area contributed by atoms with Gasteiger partial charge >= 0.3 is 6.18 Å². The Kier molecular flexibility index (Phi) is 9.34. The number of hydrogen-bond donors (Lipinski definition) is 0. The molecule has 1 aromatic heterocycles. The van der Waals surface area contributed by atoms with Crippen molar-refractivity contribution >= 4 is 37.5 Å². The molecule has 0 bridgehead atoms. The maximum absolute atomic E-state index is 13.4. The number of sulfonamides is 1. The van der Waals surface area contributed by atoms with Crippen LogP contribution in [0.1, 0.15) is 22.7 Å². The summed E-state index contributed by atoms with van der Waals surface area (Å²) < 4.78 is 94.0. The topological polar surface area (TPSA) is 132 Å². The molecule has 0 aliphatic carbocycles. The highest BCUT2D eigenvalue weighted by Gasteiger charge is 2.32. The molecule has 1 heterocycles. The second-order valence-corrected chi connectivity index (χ2v) is 14.4. The van der Waals surface area contributed by atoms with Gasteiger partial charge in [0.05, 0.1) is 21.1 Å². The lowest BCUT2D eigenvalue weighted by Gasteiger charge is -2.23. The van der Waals surface area contributed by atoms with E-state index in [4.69, 9.17) is 0 Å². The molecular formula is C27H25F3N4O6S3. The van der Waals surface area contributed by atoms with Crippen LogP contribution in [0, 0.1) is 17.0 Å². The number of nitro groups is 1. The summed E-state index contributed by atoms with van der Waals surface area (Å²) in [6.45, 7) is 1.53. The zero-order valence-electron chi connectivity index (χ0n) is 22.7. The zero-order valence-corrected chi connectivity index (χ0v) is 25.1. The fourth-order valence-electron chi connectivity index (χ4n) is 4.07. The summed E-state index contributed by atoms with van der Waals surface area (Å²) in [5.41, 5.74) is -0.393. The Balaban J connectivity index is 1.66. The van der Waals surface area contributed by atoms with Crippen molar-refractivity contribution in [1.29, 1.82) is 0 Å². The van der Waals surface area contributed by atoms with Crippen LogP contribution in [0.2, 0.25) is 0 Å². The van der Waals surface area contributed by atoms with E-state index >= 15 is 0 Å². The summed E-state index contributed by atoms with van der Waals surface area (Å²) in [5.74, 6) is -0.687. The van der Waals surface area contributed by atoms with Crippen molar-refractivity contribution in [3.05, 3.63) is 112 Å². The molecule has 0 aliphatic rings. The normalized spacial score (nSPS) is 13.3. The van der Waals surface area contributed by atoms with Crippen molar-refractivity contribution < 1.29 is 34.9 Å². The Hall–Kier alpha value is -3.73. The van der Waals surface area contributed by atoms with Crippen LogP contribution in [0.25, 0.3) is 0 Å². The van der Waals surface area contributed by atoms with E-state index in [0.717, 1.165) is 56.2 Å². The van der Waals surface area contributed by atoms with Gasteiger partial charge in [-0.15, -0.1) is 11.8 Å². The number of nitro benzene ring substituents is 1. The van der Waals surface area contributed by atoms with E-state index in [1.165, 1.54) is 49.6 Å². The minimum atomic E-state index is -4.52. The lowest BCUT2D eigenvalue weighted by Crippen LogP contribution is -2.32. The molecule has 0 saturated heterocycles. The summed E-state index contributed by atoms with van der Waals surface area (Å²) in [4.78, 5) is 14.8. The highest BCUT2D eigenvalue weighted by atomic mass is 32.2. The van der Waals surface area contributed by atoms with Crippen molar-refractivity contribution in [2.24, 2.45) is 0 Å². The van der Waals surface area contributed by atoms with Crippen LogP contribution in [-0.2, 0) is 26.2 Å². The molecule has 1 atom stereocenters. The van der Waals surface area contributed by atoms with Crippen LogP contribution in [0.5, 0.6) is 0 Å². The Labute approximate surface area is 250 Å².